The van der Waals surface area contributed by atoms with Crippen LogP contribution in [0.3, 0.4) is 0 Å². The second kappa shape index (κ2) is 7.67. The molecule has 0 radical (unpaired) electrons. The Morgan fingerprint density at radius 2 is 1.85 bits per heavy atom. The third-order valence-electron chi connectivity index (χ3n) is 7.89. The topological polar surface area (TPSA) is 77.6 Å². The number of piperazine rings is 1. The summed E-state index contributed by atoms with van der Waals surface area (Å²) in [5, 5.41) is 6.34. The number of nitrogens with one attached hydrogen (secondary N) is 2. The summed E-state index contributed by atoms with van der Waals surface area (Å²) in [7, 11) is 2.14. The molecule has 7 heteroatoms. The van der Waals surface area contributed by atoms with E-state index in [9.17, 15) is 9.59 Å². The summed E-state index contributed by atoms with van der Waals surface area (Å²) in [6, 6.07) is 8.65. The number of carbonyl (C=O) groups is 2. The van der Waals surface area contributed by atoms with Crippen LogP contribution in [0.4, 0.5) is 5.82 Å². The van der Waals surface area contributed by atoms with Crippen LogP contribution in [-0.4, -0.2) is 71.9 Å². The number of nitrogens with zero attached hydrogens (tertiary/aromatic N) is 3. The molecule has 5 heterocycles. The van der Waals surface area contributed by atoms with Crippen molar-refractivity contribution in [2.75, 3.05) is 38.5 Å². The fourth-order valence-corrected chi connectivity index (χ4v) is 6.12. The molecule has 1 aromatic carbocycles. The summed E-state index contributed by atoms with van der Waals surface area (Å²) in [6.07, 6.45) is 6.01. The number of rotatable bonds is 2. The maximum absolute atomic E-state index is 13.6. The van der Waals surface area contributed by atoms with Crippen LogP contribution >= 0.6 is 0 Å². The molecule has 7 nitrogen and oxygen atoms in total. The van der Waals surface area contributed by atoms with Gasteiger partial charge in [-0.05, 0) is 54.8 Å². The molecule has 34 heavy (non-hydrogen) atoms. The van der Waals surface area contributed by atoms with Crippen LogP contribution in [0.25, 0.3) is 5.57 Å². The van der Waals surface area contributed by atoms with E-state index in [1.807, 2.05) is 18.2 Å². The number of likely N-dealkylation sites (N-methyl/N-ethyl adjacent to an activating group) is 1. The fraction of sp³-hybridized carbons (Fsp3) is 0.444. The highest BCUT2D eigenvalue weighted by molar-refractivity contribution is 6.00. The zero-order valence-electron chi connectivity index (χ0n) is 20.0. The number of fused-ring (bicyclic) bond motifs is 4. The minimum absolute atomic E-state index is 0.0167. The highest BCUT2D eigenvalue weighted by Gasteiger charge is 2.42. The molecule has 0 aliphatic carbocycles. The van der Waals surface area contributed by atoms with Gasteiger partial charge in [-0.15, -0.1) is 0 Å². The number of aromatic nitrogens is 1. The molecule has 1 aromatic heterocycles. The third-order valence-corrected chi connectivity index (χ3v) is 7.89. The normalized spacial score (nSPS) is 25.1. The Morgan fingerprint density at radius 3 is 2.62 bits per heavy atom. The Labute approximate surface area is 200 Å². The van der Waals surface area contributed by atoms with Crippen molar-refractivity contribution in [1.82, 2.24) is 20.1 Å². The molecule has 176 valence electrons. The first-order valence-electron chi connectivity index (χ1n) is 12.2. The van der Waals surface area contributed by atoms with E-state index in [0.717, 1.165) is 59.6 Å². The van der Waals surface area contributed by atoms with Crippen molar-refractivity contribution in [2.45, 2.75) is 44.2 Å². The average Bonchev–Trinajstić information content (AvgIpc) is 3.11. The van der Waals surface area contributed by atoms with Gasteiger partial charge in [0, 0.05) is 61.0 Å². The molecule has 4 aliphatic heterocycles. The molecule has 2 saturated heterocycles. The molecule has 2 N–H and O–H groups in total. The van der Waals surface area contributed by atoms with Crippen LogP contribution < -0.4 is 10.6 Å². The van der Waals surface area contributed by atoms with Crippen LogP contribution in [0.15, 0.2) is 36.5 Å². The van der Waals surface area contributed by atoms with E-state index < -0.39 is 0 Å². The van der Waals surface area contributed by atoms with Crippen molar-refractivity contribution >= 4 is 23.2 Å². The van der Waals surface area contributed by atoms with Crippen LogP contribution in [0, 0.1) is 0 Å². The number of amides is 2. The van der Waals surface area contributed by atoms with Gasteiger partial charge in [-0.1, -0.05) is 26.0 Å². The third kappa shape index (κ3) is 3.33. The average molecular weight is 458 g/mol. The number of hydrogen-bond donors (Lipinski definition) is 2. The highest BCUT2D eigenvalue weighted by Crippen LogP contribution is 2.37. The molecule has 2 aromatic rings. The van der Waals surface area contributed by atoms with Gasteiger partial charge in [0.15, 0.2) is 0 Å². The molecular formula is C27H31N5O2. The molecule has 2 amide bonds. The number of hydrogen-bond acceptors (Lipinski definition) is 5. The fourth-order valence-electron chi connectivity index (χ4n) is 6.12. The number of benzene rings is 1. The molecule has 2 bridgehead atoms. The summed E-state index contributed by atoms with van der Waals surface area (Å²) in [5.74, 6) is 0.867. The molecule has 6 rings (SSSR count). The predicted octanol–water partition coefficient (Wildman–Crippen LogP) is 2.88. The van der Waals surface area contributed by atoms with Crippen molar-refractivity contribution in [2.24, 2.45) is 0 Å². The van der Waals surface area contributed by atoms with Gasteiger partial charge in [0.1, 0.15) is 5.82 Å². The van der Waals surface area contributed by atoms with Gasteiger partial charge in [-0.25, -0.2) is 4.98 Å². The molecule has 4 aliphatic rings. The Bertz CT molecular complexity index is 1220. The van der Waals surface area contributed by atoms with E-state index in [1.54, 1.807) is 6.20 Å². The number of carbonyl (C=O) groups excluding carboxylic acids is 2. The van der Waals surface area contributed by atoms with Gasteiger partial charge in [0.05, 0.1) is 5.56 Å². The van der Waals surface area contributed by atoms with Crippen molar-refractivity contribution < 1.29 is 9.59 Å². The van der Waals surface area contributed by atoms with Gasteiger partial charge >= 0.3 is 0 Å². The quantitative estimate of drug-likeness (QED) is 0.725. The lowest BCUT2D eigenvalue weighted by atomic mass is 9.77. The van der Waals surface area contributed by atoms with Crippen molar-refractivity contribution in [3.63, 3.8) is 0 Å². The molecule has 2 atom stereocenters. The van der Waals surface area contributed by atoms with Crippen LogP contribution in [0.2, 0.25) is 0 Å². The predicted molar refractivity (Wildman–Crippen MR) is 132 cm³/mol. The zero-order chi connectivity index (χ0) is 23.6. The van der Waals surface area contributed by atoms with Gasteiger partial charge in [-0.3, -0.25) is 9.59 Å². The zero-order valence-corrected chi connectivity index (χ0v) is 20.0. The van der Waals surface area contributed by atoms with Crippen LogP contribution in [0.1, 0.15) is 64.1 Å². The van der Waals surface area contributed by atoms with Crippen molar-refractivity contribution in [1.29, 1.82) is 0 Å². The van der Waals surface area contributed by atoms with E-state index in [2.05, 4.69) is 58.5 Å². The van der Waals surface area contributed by atoms with Crippen LogP contribution in [0.5, 0.6) is 0 Å². The second-order valence-electron chi connectivity index (χ2n) is 10.8. The smallest absolute Gasteiger partial charge is 0.256 e. The first-order chi connectivity index (χ1) is 16.3. The number of anilines is 1. The van der Waals surface area contributed by atoms with Gasteiger partial charge in [-0.2, -0.15) is 0 Å². The van der Waals surface area contributed by atoms with Crippen molar-refractivity contribution in [3.05, 3.63) is 64.4 Å². The van der Waals surface area contributed by atoms with Gasteiger partial charge in [0.2, 0.25) is 0 Å². The van der Waals surface area contributed by atoms with Gasteiger partial charge < -0.3 is 20.4 Å². The summed E-state index contributed by atoms with van der Waals surface area (Å²) in [4.78, 5) is 35.1. The lowest BCUT2D eigenvalue weighted by Crippen LogP contribution is -2.54. The lowest BCUT2D eigenvalue weighted by Gasteiger charge is -2.39. The maximum atomic E-state index is 13.6. The monoisotopic (exact) mass is 457 g/mol. The Kier molecular flexibility index (Phi) is 4.81. The first-order valence-corrected chi connectivity index (χ1v) is 12.2. The summed E-state index contributed by atoms with van der Waals surface area (Å²) in [5.41, 5.74) is 5.35. The summed E-state index contributed by atoms with van der Waals surface area (Å²) < 4.78 is 0. The molecule has 2 fully saturated rings. The Hall–Kier alpha value is -3.19. The van der Waals surface area contributed by atoms with E-state index in [0.29, 0.717) is 18.7 Å². The summed E-state index contributed by atoms with van der Waals surface area (Å²) in [6.45, 7) is 7.47. The lowest BCUT2D eigenvalue weighted by molar-refractivity contribution is 0.0472. The summed E-state index contributed by atoms with van der Waals surface area (Å²) >= 11 is 0. The SMILES string of the molecule is CN1CC2CCC(C1)N2C(=O)c1cnc2c(c1)C(c1ccc3c(c1)C(C)(C)CNC3=O)=CCN2. The Morgan fingerprint density at radius 1 is 1.09 bits per heavy atom. The van der Waals surface area contributed by atoms with E-state index >= 15 is 0 Å². The highest BCUT2D eigenvalue weighted by atomic mass is 16.2. The van der Waals surface area contributed by atoms with Gasteiger partial charge in [0.25, 0.3) is 11.8 Å². The molecular weight excluding hydrogens is 426 g/mol. The number of pyridine rings is 1. The molecule has 0 saturated carbocycles. The Balaban J connectivity index is 1.37. The van der Waals surface area contributed by atoms with E-state index in [4.69, 9.17) is 0 Å². The largest absolute Gasteiger partial charge is 0.366 e. The van der Waals surface area contributed by atoms with E-state index in [1.165, 1.54) is 0 Å². The minimum Gasteiger partial charge on any atom is -0.366 e. The molecule has 2 unspecified atom stereocenters. The first kappa shape index (κ1) is 21.4. The second-order valence-corrected chi connectivity index (χ2v) is 10.8. The maximum Gasteiger partial charge on any atom is 0.256 e. The van der Waals surface area contributed by atoms with Crippen LogP contribution in [-0.2, 0) is 5.41 Å². The number of likely N-dealkylation sites (tertiary alicyclic amines) is 1. The van der Waals surface area contributed by atoms with Crippen molar-refractivity contribution in [3.8, 4) is 0 Å². The van der Waals surface area contributed by atoms with E-state index in [-0.39, 0.29) is 29.3 Å². The standard InChI is InChI=1S/C27H31N5O2/c1-27(2)15-30-25(33)21-7-4-16(11-23(21)27)20-8-9-28-24-22(20)10-17(12-29-24)26(34)32-18-5-6-19(32)14-31(3)13-18/h4,7-8,10-12,18-19H,5-6,9,13-15H2,1-3H3,(H,28,29)(H,30,33). The molecule has 0 spiro atoms. The minimum atomic E-state index is -0.147.